The molecule has 1 fully saturated rings. The third-order valence-electron chi connectivity index (χ3n) is 1.71. The number of piperazine rings is 1. The minimum Gasteiger partial charge on any atom is -0.351 e. The zero-order valence-electron chi connectivity index (χ0n) is 6.72. The molecule has 1 aliphatic rings. The normalized spacial score (nSPS) is 24.8. The van der Waals surface area contributed by atoms with E-state index in [-0.39, 0.29) is 5.91 Å². The molecule has 64 valence electrons. The van der Waals surface area contributed by atoms with Crippen LogP contribution >= 0.6 is 11.8 Å². The van der Waals surface area contributed by atoms with Gasteiger partial charge in [0, 0.05) is 12.6 Å². The summed E-state index contributed by atoms with van der Waals surface area (Å²) in [7, 11) is 0. The summed E-state index contributed by atoms with van der Waals surface area (Å²) in [6, 6.07) is 0.351. The maximum atomic E-state index is 10.9. The Morgan fingerprint density at radius 2 is 2.55 bits per heavy atom. The summed E-state index contributed by atoms with van der Waals surface area (Å²) in [6.07, 6.45) is 3.15. The van der Waals surface area contributed by atoms with E-state index in [1.165, 1.54) is 0 Å². The largest absolute Gasteiger partial charge is 0.351 e. The number of hydrogen-bond donors (Lipinski definition) is 2. The number of thioether (sulfide) groups is 1. The van der Waals surface area contributed by atoms with Crippen molar-refractivity contribution < 1.29 is 4.79 Å². The molecular formula is C7H14N2OS. The van der Waals surface area contributed by atoms with Crippen molar-refractivity contribution in [2.75, 3.05) is 25.1 Å². The monoisotopic (exact) mass is 174 g/mol. The Bertz CT molecular complexity index is 140. The second-order valence-electron chi connectivity index (χ2n) is 2.68. The molecule has 1 saturated heterocycles. The van der Waals surface area contributed by atoms with Gasteiger partial charge in [-0.1, -0.05) is 0 Å². The second kappa shape index (κ2) is 4.62. The van der Waals surface area contributed by atoms with Gasteiger partial charge in [-0.05, 0) is 18.4 Å². The lowest BCUT2D eigenvalue weighted by Crippen LogP contribution is -2.52. The highest BCUT2D eigenvalue weighted by molar-refractivity contribution is 7.98. The summed E-state index contributed by atoms with van der Waals surface area (Å²) in [5, 5.41) is 6.01. The van der Waals surface area contributed by atoms with Crippen LogP contribution in [0.1, 0.15) is 6.42 Å². The minimum absolute atomic E-state index is 0.127. The van der Waals surface area contributed by atoms with Crippen LogP contribution in [0.15, 0.2) is 0 Å². The fraction of sp³-hybridized carbons (Fsp3) is 0.857. The lowest BCUT2D eigenvalue weighted by atomic mass is 10.2. The maximum absolute atomic E-state index is 10.9. The molecule has 0 radical (unpaired) electrons. The molecule has 1 rings (SSSR count). The fourth-order valence-corrected chi connectivity index (χ4v) is 1.64. The molecule has 0 saturated carbocycles. The van der Waals surface area contributed by atoms with E-state index in [1.54, 1.807) is 0 Å². The molecule has 1 atom stereocenters. The summed E-state index contributed by atoms with van der Waals surface area (Å²) >= 11 is 1.82. The topological polar surface area (TPSA) is 41.1 Å². The Labute approximate surface area is 71.3 Å². The standard InChI is InChI=1S/C7H14N2OS/c1-11-3-2-6-4-8-5-7(10)9-6/h6,8H,2-5H2,1H3,(H,9,10)/t6-/m1/s1. The van der Waals surface area contributed by atoms with E-state index in [1.807, 2.05) is 11.8 Å². The van der Waals surface area contributed by atoms with Gasteiger partial charge in [0.1, 0.15) is 0 Å². The van der Waals surface area contributed by atoms with Crippen LogP contribution in [-0.2, 0) is 4.79 Å². The van der Waals surface area contributed by atoms with Crippen molar-refractivity contribution >= 4 is 17.7 Å². The first-order valence-corrected chi connectivity index (χ1v) is 5.21. The highest BCUT2D eigenvalue weighted by Gasteiger charge is 2.16. The van der Waals surface area contributed by atoms with Gasteiger partial charge in [-0.15, -0.1) is 0 Å². The van der Waals surface area contributed by atoms with Crippen molar-refractivity contribution in [3.05, 3.63) is 0 Å². The molecule has 0 aromatic rings. The van der Waals surface area contributed by atoms with E-state index in [4.69, 9.17) is 0 Å². The molecule has 1 amide bonds. The Balaban J connectivity index is 2.17. The van der Waals surface area contributed by atoms with Crippen molar-refractivity contribution in [1.82, 2.24) is 10.6 Å². The summed E-state index contributed by atoms with van der Waals surface area (Å²) in [5.74, 6) is 1.24. The van der Waals surface area contributed by atoms with Crippen molar-refractivity contribution in [1.29, 1.82) is 0 Å². The molecule has 0 unspecified atom stereocenters. The number of carbonyl (C=O) groups is 1. The summed E-state index contributed by atoms with van der Waals surface area (Å²) < 4.78 is 0. The molecule has 0 aromatic carbocycles. The van der Waals surface area contributed by atoms with Gasteiger partial charge in [0.25, 0.3) is 0 Å². The predicted molar refractivity (Wildman–Crippen MR) is 47.8 cm³/mol. The number of rotatable bonds is 3. The number of hydrogen-bond acceptors (Lipinski definition) is 3. The zero-order chi connectivity index (χ0) is 8.10. The van der Waals surface area contributed by atoms with E-state index < -0.39 is 0 Å². The molecule has 0 spiro atoms. The molecule has 1 heterocycles. The van der Waals surface area contributed by atoms with Crippen molar-refractivity contribution in [2.24, 2.45) is 0 Å². The van der Waals surface area contributed by atoms with E-state index >= 15 is 0 Å². The second-order valence-corrected chi connectivity index (χ2v) is 3.66. The van der Waals surface area contributed by atoms with E-state index in [0.717, 1.165) is 18.7 Å². The highest BCUT2D eigenvalue weighted by atomic mass is 32.2. The van der Waals surface area contributed by atoms with Crippen LogP contribution in [0.3, 0.4) is 0 Å². The number of amides is 1. The molecule has 0 aliphatic carbocycles. The van der Waals surface area contributed by atoms with Crippen LogP contribution < -0.4 is 10.6 Å². The summed E-state index contributed by atoms with van der Waals surface area (Å²) in [6.45, 7) is 1.40. The lowest BCUT2D eigenvalue weighted by molar-refractivity contribution is -0.122. The van der Waals surface area contributed by atoms with Crippen LogP contribution in [0.5, 0.6) is 0 Å². The van der Waals surface area contributed by atoms with Gasteiger partial charge in [-0.2, -0.15) is 11.8 Å². The minimum atomic E-state index is 0.127. The van der Waals surface area contributed by atoms with Crippen molar-refractivity contribution in [3.8, 4) is 0 Å². The van der Waals surface area contributed by atoms with Crippen molar-refractivity contribution in [2.45, 2.75) is 12.5 Å². The maximum Gasteiger partial charge on any atom is 0.234 e. The number of carbonyl (C=O) groups excluding carboxylic acids is 1. The van der Waals surface area contributed by atoms with Crippen molar-refractivity contribution in [3.63, 3.8) is 0 Å². The molecule has 0 aromatic heterocycles. The van der Waals surface area contributed by atoms with E-state index in [0.29, 0.717) is 12.6 Å². The predicted octanol–water partition coefficient (Wildman–Crippen LogP) is -0.173. The van der Waals surface area contributed by atoms with Gasteiger partial charge in [0.2, 0.25) is 5.91 Å². The third-order valence-corrected chi connectivity index (χ3v) is 2.36. The highest BCUT2D eigenvalue weighted by Crippen LogP contribution is 2.01. The van der Waals surface area contributed by atoms with Gasteiger partial charge in [0.05, 0.1) is 6.54 Å². The molecule has 0 bridgehead atoms. The van der Waals surface area contributed by atoms with Gasteiger partial charge >= 0.3 is 0 Å². The van der Waals surface area contributed by atoms with E-state index in [9.17, 15) is 4.79 Å². The van der Waals surface area contributed by atoms with Crippen LogP contribution in [-0.4, -0.2) is 37.0 Å². The summed E-state index contributed by atoms with van der Waals surface area (Å²) in [4.78, 5) is 10.9. The molecular weight excluding hydrogens is 160 g/mol. The van der Waals surface area contributed by atoms with Crippen LogP contribution in [0.2, 0.25) is 0 Å². The average Bonchev–Trinajstić information content (AvgIpc) is 2.01. The van der Waals surface area contributed by atoms with Crippen LogP contribution in [0.4, 0.5) is 0 Å². The molecule has 11 heavy (non-hydrogen) atoms. The quantitative estimate of drug-likeness (QED) is 0.624. The van der Waals surface area contributed by atoms with Gasteiger partial charge in [-0.25, -0.2) is 0 Å². The average molecular weight is 174 g/mol. The Hall–Kier alpha value is -0.220. The van der Waals surface area contributed by atoms with Gasteiger partial charge < -0.3 is 10.6 Å². The van der Waals surface area contributed by atoms with E-state index in [2.05, 4.69) is 16.9 Å². The fourth-order valence-electron chi connectivity index (χ4n) is 1.12. The Morgan fingerprint density at radius 3 is 3.18 bits per heavy atom. The molecule has 4 heteroatoms. The third kappa shape index (κ3) is 3.12. The van der Waals surface area contributed by atoms with Crippen LogP contribution in [0, 0.1) is 0 Å². The molecule has 1 aliphatic heterocycles. The van der Waals surface area contributed by atoms with Crippen LogP contribution in [0.25, 0.3) is 0 Å². The van der Waals surface area contributed by atoms with Gasteiger partial charge in [0.15, 0.2) is 0 Å². The SMILES string of the molecule is CSCC[C@@H]1CNCC(=O)N1. The summed E-state index contributed by atoms with van der Waals surface area (Å²) in [5.41, 5.74) is 0. The smallest absolute Gasteiger partial charge is 0.234 e. The number of nitrogens with one attached hydrogen (secondary N) is 2. The van der Waals surface area contributed by atoms with Gasteiger partial charge in [-0.3, -0.25) is 4.79 Å². The molecule has 3 nitrogen and oxygen atoms in total. The Kier molecular flexibility index (Phi) is 3.72. The molecule has 2 N–H and O–H groups in total. The first-order chi connectivity index (χ1) is 5.33. The Morgan fingerprint density at radius 1 is 1.73 bits per heavy atom. The zero-order valence-corrected chi connectivity index (χ0v) is 7.54. The lowest BCUT2D eigenvalue weighted by Gasteiger charge is -2.23. The first-order valence-electron chi connectivity index (χ1n) is 3.82. The first kappa shape index (κ1) is 8.87.